The first-order valence-electron chi connectivity index (χ1n) is 6.44. The molecule has 0 aromatic heterocycles. The van der Waals surface area contributed by atoms with Gasteiger partial charge in [0.1, 0.15) is 5.82 Å². The lowest BCUT2D eigenvalue weighted by Gasteiger charge is -2.22. The van der Waals surface area contributed by atoms with Gasteiger partial charge in [0.2, 0.25) is 0 Å². The molecule has 4 heteroatoms. The SMILES string of the molecule is CSc1ccccc1C(NN)c1c(C)cc(C)cc1F. The molecule has 2 aromatic rings. The Balaban J connectivity index is 2.59. The molecule has 0 aliphatic carbocycles. The quantitative estimate of drug-likeness (QED) is 0.512. The molecule has 0 saturated carbocycles. The second-order valence-corrected chi connectivity index (χ2v) is 5.67. The van der Waals surface area contributed by atoms with Crippen LogP contribution >= 0.6 is 11.8 Å². The van der Waals surface area contributed by atoms with Crippen molar-refractivity contribution in [2.24, 2.45) is 5.84 Å². The minimum atomic E-state index is -0.348. The first kappa shape index (κ1) is 15.0. The lowest BCUT2D eigenvalue weighted by molar-refractivity contribution is 0.552. The second-order valence-electron chi connectivity index (χ2n) is 4.82. The lowest BCUT2D eigenvalue weighted by atomic mass is 9.93. The molecule has 0 radical (unpaired) electrons. The molecule has 1 unspecified atom stereocenters. The first-order valence-corrected chi connectivity index (χ1v) is 7.66. The van der Waals surface area contributed by atoms with E-state index in [2.05, 4.69) is 5.43 Å². The summed E-state index contributed by atoms with van der Waals surface area (Å²) in [5, 5.41) is 0. The minimum absolute atomic E-state index is 0.221. The number of rotatable bonds is 4. The maximum absolute atomic E-state index is 14.4. The lowest BCUT2D eigenvalue weighted by Crippen LogP contribution is -2.30. The van der Waals surface area contributed by atoms with Crippen molar-refractivity contribution in [3.63, 3.8) is 0 Å². The highest BCUT2D eigenvalue weighted by Crippen LogP contribution is 2.33. The van der Waals surface area contributed by atoms with Crippen LogP contribution in [0.5, 0.6) is 0 Å². The van der Waals surface area contributed by atoms with Crippen LogP contribution in [0, 0.1) is 19.7 Å². The van der Waals surface area contributed by atoms with Gasteiger partial charge in [0, 0.05) is 10.5 Å². The van der Waals surface area contributed by atoms with E-state index in [1.807, 2.05) is 50.4 Å². The van der Waals surface area contributed by atoms with Crippen molar-refractivity contribution >= 4 is 11.8 Å². The fraction of sp³-hybridized carbons (Fsp3) is 0.250. The van der Waals surface area contributed by atoms with Gasteiger partial charge in [0.05, 0.1) is 6.04 Å². The van der Waals surface area contributed by atoms with Crippen molar-refractivity contribution in [2.45, 2.75) is 24.8 Å². The van der Waals surface area contributed by atoms with Gasteiger partial charge < -0.3 is 0 Å². The molecular weight excluding hydrogens is 271 g/mol. The molecule has 0 aliphatic heterocycles. The van der Waals surface area contributed by atoms with Gasteiger partial charge in [-0.3, -0.25) is 5.84 Å². The van der Waals surface area contributed by atoms with Crippen LogP contribution in [0.4, 0.5) is 4.39 Å². The van der Waals surface area contributed by atoms with E-state index in [1.165, 1.54) is 0 Å². The van der Waals surface area contributed by atoms with Crippen molar-refractivity contribution in [1.29, 1.82) is 0 Å². The third kappa shape index (κ3) is 2.87. The van der Waals surface area contributed by atoms with Gasteiger partial charge in [-0.15, -0.1) is 11.8 Å². The van der Waals surface area contributed by atoms with Gasteiger partial charge in [-0.2, -0.15) is 0 Å². The number of hydrogen-bond donors (Lipinski definition) is 2. The maximum Gasteiger partial charge on any atom is 0.128 e. The van der Waals surface area contributed by atoms with Crippen LogP contribution in [-0.2, 0) is 0 Å². The highest BCUT2D eigenvalue weighted by Gasteiger charge is 2.21. The Morgan fingerprint density at radius 1 is 1.20 bits per heavy atom. The maximum atomic E-state index is 14.4. The van der Waals surface area contributed by atoms with E-state index in [-0.39, 0.29) is 11.9 Å². The van der Waals surface area contributed by atoms with E-state index < -0.39 is 0 Å². The highest BCUT2D eigenvalue weighted by atomic mass is 32.2. The molecule has 20 heavy (non-hydrogen) atoms. The monoisotopic (exact) mass is 290 g/mol. The Morgan fingerprint density at radius 2 is 1.90 bits per heavy atom. The zero-order valence-electron chi connectivity index (χ0n) is 11.9. The van der Waals surface area contributed by atoms with Crippen molar-refractivity contribution in [3.8, 4) is 0 Å². The molecule has 106 valence electrons. The van der Waals surface area contributed by atoms with Gasteiger partial charge >= 0.3 is 0 Å². The third-order valence-electron chi connectivity index (χ3n) is 3.39. The smallest absolute Gasteiger partial charge is 0.128 e. The van der Waals surface area contributed by atoms with E-state index in [1.54, 1.807) is 17.8 Å². The topological polar surface area (TPSA) is 38.0 Å². The van der Waals surface area contributed by atoms with Crippen LogP contribution in [0.1, 0.15) is 28.3 Å². The molecule has 2 rings (SSSR count). The predicted molar refractivity (Wildman–Crippen MR) is 83.3 cm³/mol. The molecule has 1 atom stereocenters. The molecule has 0 aliphatic rings. The number of benzene rings is 2. The van der Waals surface area contributed by atoms with Crippen molar-refractivity contribution in [3.05, 3.63) is 64.5 Å². The molecule has 0 heterocycles. The van der Waals surface area contributed by atoms with Crippen LogP contribution in [-0.4, -0.2) is 6.26 Å². The van der Waals surface area contributed by atoms with Gasteiger partial charge in [-0.05, 0) is 48.9 Å². The van der Waals surface area contributed by atoms with Crippen molar-refractivity contribution in [2.75, 3.05) is 6.26 Å². The molecule has 0 bridgehead atoms. The summed E-state index contributed by atoms with van der Waals surface area (Å²) >= 11 is 1.63. The molecule has 2 aromatic carbocycles. The zero-order chi connectivity index (χ0) is 14.7. The molecule has 3 N–H and O–H groups in total. The first-order chi connectivity index (χ1) is 9.58. The van der Waals surface area contributed by atoms with Gasteiger partial charge in [-0.1, -0.05) is 24.3 Å². The Labute approximate surface area is 123 Å². The molecule has 0 fully saturated rings. The molecular formula is C16H19FN2S. The van der Waals surface area contributed by atoms with Gasteiger partial charge in [0.15, 0.2) is 0 Å². The second kappa shape index (κ2) is 6.39. The van der Waals surface area contributed by atoms with Crippen LogP contribution in [0.2, 0.25) is 0 Å². The fourth-order valence-electron chi connectivity index (χ4n) is 2.53. The Morgan fingerprint density at radius 3 is 2.50 bits per heavy atom. The van der Waals surface area contributed by atoms with Crippen LogP contribution in [0.25, 0.3) is 0 Å². The van der Waals surface area contributed by atoms with E-state index in [4.69, 9.17) is 5.84 Å². The largest absolute Gasteiger partial charge is 0.271 e. The number of hydrazine groups is 1. The summed E-state index contributed by atoms with van der Waals surface area (Å²) in [5.41, 5.74) is 6.18. The van der Waals surface area contributed by atoms with Crippen molar-refractivity contribution < 1.29 is 4.39 Å². The summed E-state index contributed by atoms with van der Waals surface area (Å²) in [5.74, 6) is 5.49. The predicted octanol–water partition coefficient (Wildman–Crippen LogP) is 3.72. The van der Waals surface area contributed by atoms with E-state index in [0.29, 0.717) is 5.56 Å². The number of aryl methyl sites for hydroxylation is 2. The van der Waals surface area contributed by atoms with E-state index in [0.717, 1.165) is 21.6 Å². The third-order valence-corrected chi connectivity index (χ3v) is 4.20. The number of hydrogen-bond acceptors (Lipinski definition) is 3. The number of thioether (sulfide) groups is 1. The van der Waals surface area contributed by atoms with Crippen molar-refractivity contribution in [1.82, 2.24) is 5.43 Å². The summed E-state index contributed by atoms with van der Waals surface area (Å²) in [6.45, 7) is 3.80. The Hall–Kier alpha value is -1.36. The zero-order valence-corrected chi connectivity index (χ0v) is 12.7. The average molecular weight is 290 g/mol. The standard InChI is InChI=1S/C16H19FN2S/c1-10-8-11(2)15(13(17)9-10)16(19-18)12-6-4-5-7-14(12)20-3/h4-9,16,19H,18H2,1-3H3. The molecule has 0 spiro atoms. The Kier molecular flexibility index (Phi) is 4.81. The number of nitrogens with two attached hydrogens (primary N) is 1. The summed E-state index contributed by atoms with van der Waals surface area (Å²) in [6.07, 6.45) is 2.00. The number of halogens is 1. The minimum Gasteiger partial charge on any atom is -0.271 e. The van der Waals surface area contributed by atoms with E-state index >= 15 is 0 Å². The van der Waals surface area contributed by atoms with Crippen LogP contribution < -0.4 is 11.3 Å². The molecule has 2 nitrogen and oxygen atoms in total. The normalized spacial score (nSPS) is 12.4. The van der Waals surface area contributed by atoms with Gasteiger partial charge in [-0.25, -0.2) is 9.82 Å². The summed E-state index contributed by atoms with van der Waals surface area (Å²) in [7, 11) is 0. The highest BCUT2D eigenvalue weighted by molar-refractivity contribution is 7.98. The number of nitrogens with one attached hydrogen (secondary N) is 1. The van der Waals surface area contributed by atoms with Gasteiger partial charge in [0.25, 0.3) is 0 Å². The summed E-state index contributed by atoms with van der Waals surface area (Å²) in [4.78, 5) is 1.09. The van der Waals surface area contributed by atoms with Crippen LogP contribution in [0.15, 0.2) is 41.3 Å². The molecule has 0 amide bonds. The summed E-state index contributed by atoms with van der Waals surface area (Å²) in [6, 6.07) is 11.1. The fourth-order valence-corrected chi connectivity index (χ4v) is 3.16. The van der Waals surface area contributed by atoms with E-state index in [9.17, 15) is 4.39 Å². The molecule has 0 saturated heterocycles. The van der Waals surface area contributed by atoms with Crippen LogP contribution in [0.3, 0.4) is 0 Å². The average Bonchev–Trinajstić information content (AvgIpc) is 2.42. The summed E-state index contributed by atoms with van der Waals surface area (Å²) < 4.78 is 14.4. The Bertz CT molecular complexity index is 590.